The fourth-order valence-corrected chi connectivity index (χ4v) is 8.59. The zero-order valence-electron chi connectivity index (χ0n) is 24.5. The molecule has 0 aromatic heterocycles. The first-order valence-corrected chi connectivity index (χ1v) is 14.9. The summed E-state index contributed by atoms with van der Waals surface area (Å²) in [6.07, 6.45) is 13.9. The molecule has 4 saturated carbocycles. The molecule has 4 aliphatic carbocycles. The normalized spacial score (nSPS) is 40.7. The lowest BCUT2D eigenvalue weighted by molar-refractivity contribution is -0.198. The average molecular weight is 519 g/mol. The van der Waals surface area contributed by atoms with Crippen LogP contribution in [0.4, 0.5) is 0 Å². The summed E-state index contributed by atoms with van der Waals surface area (Å²) in [4.78, 5) is 15.7. The van der Waals surface area contributed by atoms with Crippen LogP contribution in [0.15, 0.2) is 10.3 Å². The molecule has 4 fully saturated rings. The number of hydrogen-bond donors (Lipinski definition) is 1. The first kappa shape index (κ1) is 28.8. The van der Waals surface area contributed by atoms with Crippen LogP contribution < -0.4 is 0 Å². The fourth-order valence-electron chi connectivity index (χ4n) is 8.59. The van der Waals surface area contributed by atoms with Gasteiger partial charge in [0, 0.05) is 30.6 Å². The van der Waals surface area contributed by atoms with E-state index in [2.05, 4.69) is 62.1 Å². The summed E-state index contributed by atoms with van der Waals surface area (Å²) in [5.41, 5.74) is 0.865. The fraction of sp³-hybridized carbons (Fsp3) is 0.933. The molecule has 7 heteroatoms. The number of fused-ring (bicyclic) bond motifs is 5. The minimum Gasteiger partial charge on any atom is -0.396 e. The molecule has 0 spiro atoms. The first-order valence-electron chi connectivity index (χ1n) is 14.9. The zero-order chi connectivity index (χ0) is 26.7. The molecule has 37 heavy (non-hydrogen) atoms. The summed E-state index contributed by atoms with van der Waals surface area (Å²) in [6.45, 7) is 8.27. The van der Waals surface area contributed by atoms with E-state index in [-0.39, 0.29) is 5.41 Å². The van der Waals surface area contributed by atoms with Crippen LogP contribution in [0.1, 0.15) is 84.5 Å². The van der Waals surface area contributed by atoms with Crippen LogP contribution in [0.25, 0.3) is 0 Å². The Balaban J connectivity index is 1.35. The third-order valence-corrected chi connectivity index (χ3v) is 10.9. The van der Waals surface area contributed by atoms with Gasteiger partial charge in [-0.25, -0.2) is 0 Å². The van der Waals surface area contributed by atoms with Crippen molar-refractivity contribution in [2.24, 2.45) is 44.8 Å². The van der Waals surface area contributed by atoms with Gasteiger partial charge in [-0.3, -0.25) is 0 Å². The summed E-state index contributed by atoms with van der Waals surface area (Å²) in [5.74, 6) is 1.96. The molecule has 0 heterocycles. The average Bonchev–Trinajstić information content (AvgIpc) is 3.11. The molecule has 0 aromatic carbocycles. The summed E-state index contributed by atoms with van der Waals surface area (Å²) in [7, 11) is 8.35. The highest BCUT2D eigenvalue weighted by Gasteiger charge is 2.66. The lowest BCUT2D eigenvalue weighted by Gasteiger charge is -2.63. The maximum Gasteiger partial charge on any atom is 0.118 e. The number of hydrogen-bond acceptors (Lipinski definition) is 7. The molecule has 4 rings (SSSR count). The van der Waals surface area contributed by atoms with Crippen LogP contribution in [0, 0.1) is 34.5 Å². The molecular formula is C30H54N4O3. The minimum absolute atomic E-state index is 0.102. The van der Waals surface area contributed by atoms with Crippen molar-refractivity contribution >= 4 is 11.9 Å². The largest absolute Gasteiger partial charge is 0.396 e. The topological polar surface area (TPSA) is 69.9 Å². The Morgan fingerprint density at radius 3 is 2.30 bits per heavy atom. The van der Waals surface area contributed by atoms with Gasteiger partial charge in [-0.2, -0.15) is 0 Å². The smallest absolute Gasteiger partial charge is 0.118 e. The van der Waals surface area contributed by atoms with Gasteiger partial charge < -0.3 is 24.6 Å². The number of rotatable bonds is 11. The number of oxime groups is 2. The molecule has 7 atom stereocenters. The van der Waals surface area contributed by atoms with Gasteiger partial charge in [-0.1, -0.05) is 24.2 Å². The molecule has 0 aromatic rings. The molecular weight excluding hydrogens is 464 g/mol. The molecule has 0 unspecified atom stereocenters. The van der Waals surface area contributed by atoms with E-state index in [0.717, 1.165) is 64.5 Å². The highest BCUT2D eigenvalue weighted by molar-refractivity contribution is 5.85. The highest BCUT2D eigenvalue weighted by Crippen LogP contribution is 2.68. The highest BCUT2D eigenvalue weighted by atomic mass is 16.6. The van der Waals surface area contributed by atoms with Crippen LogP contribution in [0.5, 0.6) is 0 Å². The van der Waals surface area contributed by atoms with E-state index in [9.17, 15) is 5.11 Å². The SMILES string of the molecule is CN(C)CCCON=C1CC[C@@]2(C)[C@H](CC[C@@H]3[C@@H]2CC[C@]2(C)[C@@H](/C=N/OCCCN(C)C)CC[C@]32O)C1. The summed E-state index contributed by atoms with van der Waals surface area (Å²) in [5, 5.41) is 21.3. The lowest BCUT2D eigenvalue weighted by atomic mass is 9.43. The van der Waals surface area contributed by atoms with E-state index in [1.54, 1.807) is 0 Å². The third-order valence-electron chi connectivity index (χ3n) is 10.9. The van der Waals surface area contributed by atoms with E-state index in [1.165, 1.54) is 25.0 Å². The summed E-state index contributed by atoms with van der Waals surface area (Å²) >= 11 is 0. The van der Waals surface area contributed by atoms with Gasteiger partial charge in [0.2, 0.25) is 0 Å². The van der Waals surface area contributed by atoms with Crippen molar-refractivity contribution in [3.8, 4) is 0 Å². The lowest BCUT2D eigenvalue weighted by Crippen LogP contribution is -2.62. The maximum atomic E-state index is 12.3. The Labute approximate surface area is 226 Å². The molecule has 7 nitrogen and oxygen atoms in total. The van der Waals surface area contributed by atoms with Gasteiger partial charge in [-0.05, 0) is 122 Å². The van der Waals surface area contributed by atoms with Crippen molar-refractivity contribution in [3.63, 3.8) is 0 Å². The Morgan fingerprint density at radius 1 is 0.892 bits per heavy atom. The predicted molar refractivity (Wildman–Crippen MR) is 151 cm³/mol. The Kier molecular flexibility index (Phi) is 9.28. The molecule has 212 valence electrons. The van der Waals surface area contributed by atoms with Crippen molar-refractivity contribution in [3.05, 3.63) is 0 Å². The van der Waals surface area contributed by atoms with Crippen molar-refractivity contribution < 1.29 is 14.8 Å². The molecule has 4 aliphatic rings. The van der Waals surface area contributed by atoms with E-state index >= 15 is 0 Å². The van der Waals surface area contributed by atoms with Gasteiger partial charge in [0.05, 0.1) is 11.3 Å². The molecule has 0 aliphatic heterocycles. The summed E-state index contributed by atoms with van der Waals surface area (Å²) < 4.78 is 0. The molecule has 0 saturated heterocycles. The monoisotopic (exact) mass is 518 g/mol. The van der Waals surface area contributed by atoms with Gasteiger partial charge in [0.1, 0.15) is 13.2 Å². The second-order valence-corrected chi connectivity index (χ2v) is 13.6. The van der Waals surface area contributed by atoms with Crippen molar-refractivity contribution in [1.29, 1.82) is 0 Å². The number of aliphatic hydroxyl groups is 1. The summed E-state index contributed by atoms with van der Waals surface area (Å²) in [6, 6.07) is 0. The Morgan fingerprint density at radius 2 is 1.59 bits per heavy atom. The Bertz CT molecular complexity index is 817. The quantitative estimate of drug-likeness (QED) is 0.236. The predicted octanol–water partition coefficient (Wildman–Crippen LogP) is 5.04. The first-order chi connectivity index (χ1) is 17.6. The van der Waals surface area contributed by atoms with Crippen LogP contribution >= 0.6 is 0 Å². The molecule has 0 bridgehead atoms. The van der Waals surface area contributed by atoms with Crippen LogP contribution in [0.2, 0.25) is 0 Å². The second-order valence-electron chi connectivity index (χ2n) is 13.6. The van der Waals surface area contributed by atoms with Crippen molar-refractivity contribution in [1.82, 2.24) is 9.80 Å². The standard InChI is InChI=1S/C30H54N4O3/c1-28-14-12-25(32-37-20-8-18-34(5)6)21-23(28)9-10-27-26(28)13-15-29(2)24(11-16-30(27,29)35)22-31-36-19-7-17-33(3)4/h22-24,26-27,35H,7-21H2,1-6H3/b31-22+,32-25?/t23-,24-,26+,27-,28+,29-,30+/m1/s1. The van der Waals surface area contributed by atoms with E-state index in [4.69, 9.17) is 9.68 Å². The van der Waals surface area contributed by atoms with Crippen LogP contribution in [-0.2, 0) is 9.68 Å². The van der Waals surface area contributed by atoms with E-state index < -0.39 is 5.60 Å². The van der Waals surface area contributed by atoms with E-state index in [0.29, 0.717) is 42.3 Å². The van der Waals surface area contributed by atoms with Gasteiger partial charge in [0.25, 0.3) is 0 Å². The molecule has 1 N–H and O–H groups in total. The zero-order valence-corrected chi connectivity index (χ0v) is 24.5. The van der Waals surface area contributed by atoms with Crippen molar-refractivity contribution in [2.75, 3.05) is 54.5 Å². The van der Waals surface area contributed by atoms with Gasteiger partial charge >= 0.3 is 0 Å². The van der Waals surface area contributed by atoms with Crippen molar-refractivity contribution in [2.45, 2.75) is 90.1 Å². The maximum absolute atomic E-state index is 12.3. The van der Waals surface area contributed by atoms with Crippen LogP contribution in [0.3, 0.4) is 0 Å². The molecule has 0 radical (unpaired) electrons. The Hall–Kier alpha value is -1.18. The third kappa shape index (κ3) is 5.89. The van der Waals surface area contributed by atoms with Crippen LogP contribution in [-0.4, -0.2) is 86.9 Å². The van der Waals surface area contributed by atoms with E-state index in [1.807, 2.05) is 6.21 Å². The second kappa shape index (κ2) is 11.9. The van der Waals surface area contributed by atoms with Gasteiger partial charge in [-0.15, -0.1) is 0 Å². The molecule has 0 amide bonds. The minimum atomic E-state index is -0.588. The van der Waals surface area contributed by atoms with Gasteiger partial charge in [0.15, 0.2) is 0 Å². The number of nitrogens with zero attached hydrogens (tertiary/aromatic N) is 4.